The van der Waals surface area contributed by atoms with Gasteiger partial charge in [0.1, 0.15) is 17.8 Å². The highest BCUT2D eigenvalue weighted by Gasteiger charge is 2.08. The molecule has 0 aliphatic rings. The first-order valence-corrected chi connectivity index (χ1v) is 7.77. The molecular formula is C20H17NO4. The maximum Gasteiger partial charge on any atom is 0.343 e. The summed E-state index contributed by atoms with van der Waals surface area (Å²) >= 11 is 0. The van der Waals surface area contributed by atoms with Gasteiger partial charge in [-0.3, -0.25) is 4.79 Å². The average molecular weight is 335 g/mol. The van der Waals surface area contributed by atoms with Crippen LogP contribution in [0.3, 0.4) is 0 Å². The van der Waals surface area contributed by atoms with Crippen LogP contribution in [0.4, 0.5) is 0 Å². The number of nitriles is 1. The lowest BCUT2D eigenvalue weighted by molar-refractivity contribution is -0.104. The van der Waals surface area contributed by atoms with Crippen LogP contribution < -0.4 is 9.47 Å². The van der Waals surface area contributed by atoms with Crippen LogP contribution >= 0.6 is 0 Å². The van der Waals surface area contributed by atoms with E-state index < -0.39 is 5.97 Å². The molecule has 0 heterocycles. The van der Waals surface area contributed by atoms with E-state index in [1.165, 1.54) is 6.08 Å². The van der Waals surface area contributed by atoms with Crippen LogP contribution in [-0.2, 0) is 4.79 Å². The molecule has 5 heteroatoms. The Bertz CT molecular complexity index is 771. The molecule has 0 saturated carbocycles. The topological polar surface area (TPSA) is 76.4 Å². The highest BCUT2D eigenvalue weighted by molar-refractivity contribution is 5.91. The van der Waals surface area contributed by atoms with Gasteiger partial charge < -0.3 is 9.47 Å². The number of hydrogen-bond acceptors (Lipinski definition) is 5. The van der Waals surface area contributed by atoms with Crippen molar-refractivity contribution in [2.45, 2.75) is 12.8 Å². The molecule has 2 rings (SSSR count). The molecule has 0 fully saturated rings. The van der Waals surface area contributed by atoms with E-state index >= 15 is 0 Å². The molecule has 5 nitrogen and oxygen atoms in total. The molecule has 0 aromatic heterocycles. The number of nitrogens with zero attached hydrogens (tertiary/aromatic N) is 1. The number of aldehydes is 1. The molecule has 0 aliphatic carbocycles. The largest absolute Gasteiger partial charge is 0.494 e. The molecule has 2 aromatic carbocycles. The fourth-order valence-electron chi connectivity index (χ4n) is 1.99. The number of benzene rings is 2. The summed E-state index contributed by atoms with van der Waals surface area (Å²) < 4.78 is 10.8. The maximum absolute atomic E-state index is 12.1. The fourth-order valence-corrected chi connectivity index (χ4v) is 1.99. The van der Waals surface area contributed by atoms with Crippen LogP contribution in [0, 0.1) is 11.3 Å². The van der Waals surface area contributed by atoms with Gasteiger partial charge in [0.05, 0.1) is 18.2 Å². The van der Waals surface area contributed by atoms with E-state index in [9.17, 15) is 9.59 Å². The molecule has 0 bridgehead atoms. The smallest absolute Gasteiger partial charge is 0.343 e. The Morgan fingerprint density at radius 3 is 2.36 bits per heavy atom. The number of ether oxygens (including phenoxy) is 2. The van der Waals surface area contributed by atoms with Crippen molar-refractivity contribution >= 4 is 18.3 Å². The number of carbonyl (C=O) groups excluding carboxylic acids is 2. The molecule has 0 radical (unpaired) electrons. The lowest BCUT2D eigenvalue weighted by Crippen LogP contribution is -2.08. The first-order valence-electron chi connectivity index (χ1n) is 7.77. The van der Waals surface area contributed by atoms with Crippen molar-refractivity contribution in [1.29, 1.82) is 5.26 Å². The summed E-state index contributed by atoms with van der Waals surface area (Å²) in [6.07, 6.45) is 4.87. The van der Waals surface area contributed by atoms with Crippen LogP contribution in [0.5, 0.6) is 11.5 Å². The van der Waals surface area contributed by atoms with Gasteiger partial charge in [-0.2, -0.15) is 5.26 Å². The summed E-state index contributed by atoms with van der Waals surface area (Å²) in [4.78, 5) is 22.4. The van der Waals surface area contributed by atoms with E-state index in [4.69, 9.17) is 14.7 Å². The van der Waals surface area contributed by atoms with Crippen molar-refractivity contribution in [1.82, 2.24) is 0 Å². The minimum absolute atomic E-state index is 0.411. The van der Waals surface area contributed by atoms with Gasteiger partial charge in [0.2, 0.25) is 0 Å². The third-order valence-corrected chi connectivity index (χ3v) is 3.25. The van der Waals surface area contributed by atoms with E-state index in [1.54, 1.807) is 54.6 Å². The first kappa shape index (κ1) is 18.0. The molecular weight excluding hydrogens is 318 g/mol. The zero-order valence-corrected chi connectivity index (χ0v) is 13.6. The SMILES string of the molecule is N#CCCCOc1ccc(C(=O)Oc2ccc(/C=C/C=O)cc2)cc1. The molecule has 126 valence electrons. The second-order valence-corrected chi connectivity index (χ2v) is 5.09. The lowest BCUT2D eigenvalue weighted by atomic mass is 10.2. The third-order valence-electron chi connectivity index (χ3n) is 3.25. The van der Waals surface area contributed by atoms with Gasteiger partial charge in [0.25, 0.3) is 0 Å². The first-order chi connectivity index (χ1) is 12.2. The van der Waals surface area contributed by atoms with E-state index in [1.807, 2.05) is 0 Å². The zero-order chi connectivity index (χ0) is 17.9. The van der Waals surface area contributed by atoms with Crippen molar-refractivity contribution in [3.05, 3.63) is 65.7 Å². The van der Waals surface area contributed by atoms with E-state index in [0.717, 1.165) is 5.56 Å². The quantitative estimate of drug-likeness (QED) is 0.241. The third kappa shape index (κ3) is 5.96. The van der Waals surface area contributed by atoms with E-state index in [0.29, 0.717) is 42.8 Å². The van der Waals surface area contributed by atoms with Crippen LogP contribution in [0.1, 0.15) is 28.8 Å². The molecule has 0 aliphatic heterocycles. The van der Waals surface area contributed by atoms with Crippen molar-refractivity contribution in [2.24, 2.45) is 0 Å². The summed E-state index contributed by atoms with van der Waals surface area (Å²) in [7, 11) is 0. The van der Waals surface area contributed by atoms with Crippen LogP contribution in [0.15, 0.2) is 54.6 Å². The van der Waals surface area contributed by atoms with Crippen molar-refractivity contribution in [3.63, 3.8) is 0 Å². The Kier molecular flexibility index (Phi) is 6.95. The van der Waals surface area contributed by atoms with E-state index in [-0.39, 0.29) is 0 Å². The van der Waals surface area contributed by atoms with Crippen molar-refractivity contribution in [2.75, 3.05) is 6.61 Å². The molecule has 0 N–H and O–H groups in total. The Balaban J connectivity index is 1.91. The lowest BCUT2D eigenvalue weighted by Gasteiger charge is -2.07. The number of carbonyl (C=O) groups is 2. The van der Waals surface area contributed by atoms with Gasteiger partial charge in [-0.1, -0.05) is 18.2 Å². The standard InChI is InChI=1S/C20H17NO4/c21-13-1-2-15-24-18-11-7-17(8-12-18)20(23)25-19-9-5-16(6-10-19)4-3-14-22/h3-12,14H,1-2,15H2/b4-3+. The number of esters is 1. The Hall–Kier alpha value is -3.39. The Morgan fingerprint density at radius 2 is 1.72 bits per heavy atom. The van der Waals surface area contributed by atoms with Crippen LogP contribution in [-0.4, -0.2) is 18.9 Å². The molecule has 25 heavy (non-hydrogen) atoms. The molecule has 0 atom stereocenters. The summed E-state index contributed by atoms with van der Waals surface area (Å²) in [5, 5.41) is 8.46. The molecule has 0 unspecified atom stereocenters. The Morgan fingerprint density at radius 1 is 1.04 bits per heavy atom. The maximum atomic E-state index is 12.1. The minimum Gasteiger partial charge on any atom is -0.494 e. The monoisotopic (exact) mass is 335 g/mol. The second-order valence-electron chi connectivity index (χ2n) is 5.09. The fraction of sp³-hybridized carbons (Fsp3) is 0.150. The predicted octanol–water partition coefficient (Wildman–Crippen LogP) is 3.80. The number of unbranched alkanes of at least 4 members (excludes halogenated alkanes) is 1. The van der Waals surface area contributed by atoms with Crippen LogP contribution in [0.25, 0.3) is 6.08 Å². The normalized spacial score (nSPS) is 10.2. The highest BCUT2D eigenvalue weighted by atomic mass is 16.5. The van der Waals surface area contributed by atoms with Gasteiger partial charge in [0, 0.05) is 6.42 Å². The number of hydrogen-bond donors (Lipinski definition) is 0. The van der Waals surface area contributed by atoms with Crippen molar-refractivity contribution in [3.8, 4) is 17.6 Å². The van der Waals surface area contributed by atoms with Gasteiger partial charge in [0.15, 0.2) is 0 Å². The average Bonchev–Trinajstić information content (AvgIpc) is 2.65. The molecule has 2 aromatic rings. The van der Waals surface area contributed by atoms with Gasteiger partial charge in [-0.15, -0.1) is 0 Å². The van der Waals surface area contributed by atoms with Gasteiger partial charge in [-0.25, -0.2) is 4.79 Å². The molecule has 0 spiro atoms. The second kappa shape index (κ2) is 9.68. The number of rotatable bonds is 8. The summed E-state index contributed by atoms with van der Waals surface area (Å²) in [6.45, 7) is 0.461. The van der Waals surface area contributed by atoms with Gasteiger partial charge >= 0.3 is 5.97 Å². The van der Waals surface area contributed by atoms with Crippen LogP contribution in [0.2, 0.25) is 0 Å². The Labute approximate surface area is 146 Å². The predicted molar refractivity (Wildman–Crippen MR) is 93.3 cm³/mol. The summed E-state index contributed by atoms with van der Waals surface area (Å²) in [6, 6.07) is 15.5. The minimum atomic E-state index is -0.466. The molecule has 0 saturated heterocycles. The summed E-state index contributed by atoms with van der Waals surface area (Å²) in [5.74, 6) is 0.595. The highest BCUT2D eigenvalue weighted by Crippen LogP contribution is 2.17. The number of allylic oxidation sites excluding steroid dienone is 1. The summed E-state index contributed by atoms with van der Waals surface area (Å²) in [5.41, 5.74) is 1.25. The van der Waals surface area contributed by atoms with E-state index in [2.05, 4.69) is 6.07 Å². The van der Waals surface area contributed by atoms with Gasteiger partial charge in [-0.05, 0) is 54.5 Å². The van der Waals surface area contributed by atoms with Crippen molar-refractivity contribution < 1.29 is 19.1 Å². The zero-order valence-electron chi connectivity index (χ0n) is 13.6. The molecule has 0 amide bonds.